The van der Waals surface area contributed by atoms with Crippen molar-refractivity contribution in [2.45, 2.75) is 17.8 Å². The number of rotatable bonds is 3. The van der Waals surface area contributed by atoms with Gasteiger partial charge < -0.3 is 9.84 Å². The maximum Gasteiger partial charge on any atom is 0.320 e. The van der Waals surface area contributed by atoms with Gasteiger partial charge in [0.15, 0.2) is 5.41 Å². The number of carboxylic acid groups (broad SMARTS) is 1. The fraction of sp³-hybridized carbons (Fsp3) is 0.400. The summed E-state index contributed by atoms with van der Waals surface area (Å²) >= 11 is 0. The maximum absolute atomic E-state index is 13.1. The van der Waals surface area contributed by atoms with E-state index in [1.165, 1.54) is 19.2 Å². The third-order valence-corrected chi connectivity index (χ3v) is 2.79. The normalized spacial score (nSPS) is 26.2. The molecule has 0 saturated heterocycles. The first-order valence-electron chi connectivity index (χ1n) is 4.56. The van der Waals surface area contributed by atoms with Crippen LogP contribution >= 0.6 is 0 Å². The Hall–Kier alpha value is -1.72. The lowest BCUT2D eigenvalue weighted by molar-refractivity contribution is -0.143. The second-order valence-electron chi connectivity index (χ2n) is 3.68. The molecule has 6 heteroatoms. The van der Waals surface area contributed by atoms with E-state index in [1.54, 1.807) is 0 Å². The average Bonchev–Trinajstić information content (AvgIpc) is 2.84. The monoisotopic (exact) mass is 229 g/mol. The van der Waals surface area contributed by atoms with Crippen LogP contribution in [0.4, 0.5) is 8.78 Å². The van der Waals surface area contributed by atoms with Crippen LogP contribution in [0.5, 0.6) is 5.88 Å². The molecule has 1 aliphatic carbocycles. The molecule has 1 unspecified atom stereocenters. The molecule has 1 N–H and O–H groups in total. The number of carbonyl (C=O) groups is 1. The van der Waals surface area contributed by atoms with Crippen molar-refractivity contribution in [1.29, 1.82) is 0 Å². The third-order valence-electron chi connectivity index (χ3n) is 2.79. The molecule has 0 amide bonds. The van der Waals surface area contributed by atoms with Crippen LogP contribution in [0.2, 0.25) is 0 Å². The number of aliphatic carboxylic acids is 1. The van der Waals surface area contributed by atoms with Gasteiger partial charge in [0.25, 0.3) is 5.92 Å². The van der Waals surface area contributed by atoms with Crippen molar-refractivity contribution >= 4 is 5.97 Å². The Bertz CT molecular complexity index is 432. The number of carboxylic acids is 1. The van der Waals surface area contributed by atoms with Crippen LogP contribution in [0.1, 0.15) is 12.0 Å². The molecule has 0 aliphatic heterocycles. The van der Waals surface area contributed by atoms with E-state index in [1.807, 2.05) is 0 Å². The zero-order valence-corrected chi connectivity index (χ0v) is 8.41. The van der Waals surface area contributed by atoms with Gasteiger partial charge in [-0.25, -0.2) is 13.8 Å². The molecule has 0 spiro atoms. The predicted molar refractivity (Wildman–Crippen MR) is 49.7 cm³/mol. The summed E-state index contributed by atoms with van der Waals surface area (Å²) in [5, 5.41) is 8.88. The number of nitrogens with zero attached hydrogens (tertiary/aromatic N) is 1. The van der Waals surface area contributed by atoms with Crippen molar-refractivity contribution in [3.05, 3.63) is 23.9 Å². The van der Waals surface area contributed by atoms with Crippen molar-refractivity contribution < 1.29 is 23.4 Å². The molecule has 0 aromatic carbocycles. The van der Waals surface area contributed by atoms with Crippen LogP contribution in [0.25, 0.3) is 0 Å². The quantitative estimate of drug-likeness (QED) is 0.852. The van der Waals surface area contributed by atoms with Gasteiger partial charge in [0.1, 0.15) is 0 Å². The third kappa shape index (κ3) is 1.26. The molecule has 1 aromatic rings. The summed E-state index contributed by atoms with van der Waals surface area (Å²) in [6.07, 6.45) is 0.442. The van der Waals surface area contributed by atoms with Crippen LogP contribution in [0, 0.1) is 0 Å². The van der Waals surface area contributed by atoms with E-state index < -0.39 is 23.7 Å². The lowest BCUT2D eigenvalue weighted by Crippen LogP contribution is -2.27. The fourth-order valence-electron chi connectivity index (χ4n) is 1.71. The minimum Gasteiger partial charge on any atom is -0.481 e. The molecular weight excluding hydrogens is 220 g/mol. The van der Waals surface area contributed by atoms with E-state index in [2.05, 4.69) is 4.98 Å². The minimum atomic E-state index is -3.20. The Morgan fingerprint density at radius 3 is 2.50 bits per heavy atom. The Balaban J connectivity index is 2.39. The molecule has 2 rings (SSSR count). The molecule has 1 aromatic heterocycles. The summed E-state index contributed by atoms with van der Waals surface area (Å²) in [5.74, 6) is -4.47. The van der Waals surface area contributed by atoms with Crippen LogP contribution < -0.4 is 4.74 Å². The van der Waals surface area contributed by atoms with Gasteiger partial charge in [0.2, 0.25) is 5.88 Å². The zero-order chi connectivity index (χ0) is 12.0. The molecule has 1 heterocycles. The van der Waals surface area contributed by atoms with E-state index in [0.717, 1.165) is 6.20 Å². The van der Waals surface area contributed by atoms with Crippen LogP contribution in [-0.2, 0) is 10.2 Å². The molecule has 4 nitrogen and oxygen atoms in total. The second kappa shape index (κ2) is 3.13. The molecule has 1 saturated carbocycles. The van der Waals surface area contributed by atoms with Crippen molar-refractivity contribution in [1.82, 2.24) is 4.98 Å². The first kappa shape index (κ1) is 10.8. The highest BCUT2D eigenvalue weighted by Gasteiger charge is 2.77. The summed E-state index contributed by atoms with van der Waals surface area (Å²) in [6, 6.07) is 2.68. The van der Waals surface area contributed by atoms with Gasteiger partial charge in [0, 0.05) is 18.7 Å². The van der Waals surface area contributed by atoms with Crippen LogP contribution in [0.15, 0.2) is 18.3 Å². The van der Waals surface area contributed by atoms with Crippen molar-refractivity contribution in [3.63, 3.8) is 0 Å². The van der Waals surface area contributed by atoms with Crippen molar-refractivity contribution in [3.8, 4) is 5.88 Å². The van der Waals surface area contributed by atoms with E-state index in [0.29, 0.717) is 0 Å². The Kier molecular flexibility index (Phi) is 2.11. The lowest BCUT2D eigenvalue weighted by atomic mass is 9.97. The highest BCUT2D eigenvalue weighted by atomic mass is 19.3. The fourth-order valence-corrected chi connectivity index (χ4v) is 1.71. The Labute approximate surface area is 89.9 Å². The largest absolute Gasteiger partial charge is 0.481 e. The number of pyridine rings is 1. The molecule has 0 radical (unpaired) electrons. The van der Waals surface area contributed by atoms with Gasteiger partial charge in [-0.15, -0.1) is 0 Å². The summed E-state index contributed by atoms with van der Waals surface area (Å²) < 4.78 is 31.0. The predicted octanol–water partition coefficient (Wildman–Crippen LogP) is 1.45. The standard InChI is InChI=1S/C10H9F2NO3/c1-16-7-3-2-6(4-13-7)9(8(14)15)5-10(9,11)12/h2-4H,5H2,1H3,(H,14,15). The molecule has 0 bridgehead atoms. The van der Waals surface area contributed by atoms with Crippen molar-refractivity contribution in [2.24, 2.45) is 0 Å². The van der Waals surface area contributed by atoms with Gasteiger partial charge in [0.05, 0.1) is 7.11 Å². The number of ether oxygens (including phenoxy) is 1. The number of halogens is 2. The minimum absolute atomic E-state index is 0.00537. The van der Waals surface area contributed by atoms with E-state index in [9.17, 15) is 13.6 Å². The highest BCUT2D eigenvalue weighted by molar-refractivity contribution is 5.87. The Morgan fingerprint density at radius 2 is 2.19 bits per heavy atom. The van der Waals surface area contributed by atoms with E-state index in [4.69, 9.17) is 9.84 Å². The van der Waals surface area contributed by atoms with Crippen LogP contribution in [-0.4, -0.2) is 29.1 Å². The SMILES string of the molecule is COc1ccc(C2(C(=O)O)CC2(F)F)cn1. The van der Waals surface area contributed by atoms with Gasteiger partial charge in [-0.05, 0) is 5.56 Å². The number of hydrogen-bond acceptors (Lipinski definition) is 3. The van der Waals surface area contributed by atoms with Crippen molar-refractivity contribution in [2.75, 3.05) is 7.11 Å². The number of methoxy groups -OCH3 is 1. The topological polar surface area (TPSA) is 59.4 Å². The first-order chi connectivity index (χ1) is 7.44. The molecule has 1 atom stereocenters. The van der Waals surface area contributed by atoms with Gasteiger partial charge in [-0.3, -0.25) is 4.79 Å². The van der Waals surface area contributed by atoms with Crippen LogP contribution in [0.3, 0.4) is 0 Å². The van der Waals surface area contributed by atoms with Gasteiger partial charge in [-0.1, -0.05) is 6.07 Å². The number of alkyl halides is 2. The van der Waals surface area contributed by atoms with Gasteiger partial charge >= 0.3 is 5.97 Å². The molecule has 16 heavy (non-hydrogen) atoms. The average molecular weight is 229 g/mol. The summed E-state index contributed by atoms with van der Waals surface area (Å²) in [7, 11) is 1.39. The Morgan fingerprint density at radius 1 is 1.56 bits per heavy atom. The summed E-state index contributed by atoms with van der Waals surface area (Å²) in [4.78, 5) is 14.6. The lowest BCUT2D eigenvalue weighted by Gasteiger charge is -2.11. The molecule has 1 fully saturated rings. The first-order valence-corrected chi connectivity index (χ1v) is 4.56. The zero-order valence-electron chi connectivity index (χ0n) is 8.41. The second-order valence-corrected chi connectivity index (χ2v) is 3.68. The molecule has 86 valence electrons. The highest BCUT2D eigenvalue weighted by Crippen LogP contribution is 2.61. The van der Waals surface area contributed by atoms with E-state index in [-0.39, 0.29) is 11.4 Å². The molecule has 1 aliphatic rings. The smallest absolute Gasteiger partial charge is 0.320 e. The summed E-state index contributed by atoms with van der Waals surface area (Å²) in [5.41, 5.74) is -2.10. The van der Waals surface area contributed by atoms with Gasteiger partial charge in [-0.2, -0.15) is 0 Å². The molecular formula is C10H9F2NO3. The summed E-state index contributed by atoms with van der Waals surface area (Å²) in [6.45, 7) is 0. The number of hydrogen-bond donors (Lipinski definition) is 1. The van der Waals surface area contributed by atoms with E-state index >= 15 is 0 Å². The maximum atomic E-state index is 13.1. The number of aromatic nitrogens is 1.